The third kappa shape index (κ3) is 7.86. The Bertz CT molecular complexity index is 1110. The molecule has 2 N–H and O–H groups in total. The van der Waals surface area contributed by atoms with Crippen LogP contribution < -0.4 is 20.2 Å². The fourth-order valence-electron chi connectivity index (χ4n) is 2.69. The minimum absolute atomic E-state index is 0.220. The maximum absolute atomic E-state index is 12.2. The van der Waals surface area contributed by atoms with E-state index in [1.807, 2.05) is 0 Å². The van der Waals surface area contributed by atoms with Crippen molar-refractivity contribution in [3.05, 3.63) is 82.0 Å². The molecule has 3 rings (SSSR count). The number of esters is 1. The Morgan fingerprint density at radius 1 is 1.00 bits per heavy atom. The summed E-state index contributed by atoms with van der Waals surface area (Å²) in [6, 6.07) is 16.9. The molecule has 0 aliphatic rings. The van der Waals surface area contributed by atoms with E-state index in [0.717, 1.165) is 12.8 Å². The molecule has 0 radical (unpaired) electrons. The molecule has 176 valence electrons. The standard InChI is InChI=1S/C25H25N3O5S/c1-2-3-14-32-20-12-8-19(9-13-20)24(30)26-17-23(29)28-27-16-18-6-10-21(11-7-18)33-25(31)22-5-4-15-34-22/h4-13,15-16H,2-3,14,17H2,1H3,(H,26,30)(H,28,29)/b27-16+. The zero-order chi connectivity index (χ0) is 24.2. The molecule has 1 heterocycles. The summed E-state index contributed by atoms with van der Waals surface area (Å²) in [5.74, 6) is -0.145. The molecule has 0 atom stereocenters. The summed E-state index contributed by atoms with van der Waals surface area (Å²) < 4.78 is 10.9. The van der Waals surface area contributed by atoms with Crippen molar-refractivity contribution in [2.75, 3.05) is 13.2 Å². The van der Waals surface area contributed by atoms with Crippen LogP contribution in [0.4, 0.5) is 0 Å². The van der Waals surface area contributed by atoms with E-state index in [9.17, 15) is 14.4 Å². The molecule has 2 aromatic carbocycles. The summed E-state index contributed by atoms with van der Waals surface area (Å²) in [6.45, 7) is 2.50. The van der Waals surface area contributed by atoms with Crippen LogP contribution in [0.1, 0.15) is 45.4 Å². The predicted octanol–water partition coefficient (Wildman–Crippen LogP) is 4.03. The van der Waals surface area contributed by atoms with Crippen LogP contribution in [0.2, 0.25) is 0 Å². The SMILES string of the molecule is CCCCOc1ccc(C(=O)NCC(=O)N/N=C/c2ccc(OC(=O)c3cccs3)cc2)cc1. The number of nitrogens with one attached hydrogen (secondary N) is 2. The van der Waals surface area contributed by atoms with Gasteiger partial charge in [0.05, 0.1) is 19.4 Å². The second kappa shape index (κ2) is 12.9. The van der Waals surface area contributed by atoms with Gasteiger partial charge >= 0.3 is 5.97 Å². The maximum Gasteiger partial charge on any atom is 0.353 e. The lowest BCUT2D eigenvalue weighted by molar-refractivity contribution is -0.120. The van der Waals surface area contributed by atoms with Crippen molar-refractivity contribution in [1.82, 2.24) is 10.7 Å². The highest BCUT2D eigenvalue weighted by Crippen LogP contribution is 2.16. The Hall–Kier alpha value is -3.98. The van der Waals surface area contributed by atoms with E-state index in [4.69, 9.17) is 9.47 Å². The van der Waals surface area contributed by atoms with Crippen molar-refractivity contribution in [3.8, 4) is 11.5 Å². The van der Waals surface area contributed by atoms with Gasteiger partial charge in [-0.3, -0.25) is 9.59 Å². The smallest absolute Gasteiger partial charge is 0.353 e. The normalized spacial score (nSPS) is 10.6. The van der Waals surface area contributed by atoms with Gasteiger partial charge in [-0.1, -0.05) is 19.4 Å². The second-order valence-electron chi connectivity index (χ2n) is 7.14. The highest BCUT2D eigenvalue weighted by Gasteiger charge is 2.09. The van der Waals surface area contributed by atoms with E-state index in [-0.39, 0.29) is 12.5 Å². The van der Waals surface area contributed by atoms with Gasteiger partial charge < -0.3 is 14.8 Å². The first-order valence-corrected chi connectivity index (χ1v) is 11.6. The first-order valence-electron chi connectivity index (χ1n) is 10.7. The highest BCUT2D eigenvalue weighted by atomic mass is 32.1. The van der Waals surface area contributed by atoms with Crippen molar-refractivity contribution in [2.45, 2.75) is 19.8 Å². The van der Waals surface area contributed by atoms with Gasteiger partial charge in [0.15, 0.2) is 0 Å². The fraction of sp³-hybridized carbons (Fsp3) is 0.200. The zero-order valence-corrected chi connectivity index (χ0v) is 19.5. The molecule has 0 fully saturated rings. The minimum atomic E-state index is -0.467. The van der Waals surface area contributed by atoms with Crippen molar-refractivity contribution in [1.29, 1.82) is 0 Å². The molecule has 0 bridgehead atoms. The van der Waals surface area contributed by atoms with Gasteiger partial charge in [-0.15, -0.1) is 11.3 Å². The molecule has 0 unspecified atom stereocenters. The highest BCUT2D eigenvalue weighted by molar-refractivity contribution is 7.12. The Labute approximate surface area is 201 Å². The molecule has 0 aliphatic carbocycles. The van der Waals surface area contributed by atoms with E-state index in [0.29, 0.717) is 34.1 Å². The summed E-state index contributed by atoms with van der Waals surface area (Å²) >= 11 is 1.31. The van der Waals surface area contributed by atoms with Crippen LogP contribution in [0.3, 0.4) is 0 Å². The lowest BCUT2D eigenvalue weighted by atomic mass is 10.2. The van der Waals surface area contributed by atoms with Crippen LogP contribution in [0.15, 0.2) is 71.1 Å². The van der Waals surface area contributed by atoms with Gasteiger partial charge in [-0.2, -0.15) is 5.10 Å². The third-order valence-electron chi connectivity index (χ3n) is 4.51. The number of carbonyl (C=O) groups excluding carboxylic acids is 3. The van der Waals surface area contributed by atoms with Crippen LogP contribution in [-0.2, 0) is 4.79 Å². The predicted molar refractivity (Wildman–Crippen MR) is 131 cm³/mol. The largest absolute Gasteiger partial charge is 0.494 e. The van der Waals surface area contributed by atoms with Crippen molar-refractivity contribution in [2.24, 2.45) is 5.10 Å². The lowest BCUT2D eigenvalue weighted by Gasteiger charge is -2.07. The van der Waals surface area contributed by atoms with E-state index in [1.54, 1.807) is 66.0 Å². The molecule has 1 aromatic heterocycles. The van der Waals surface area contributed by atoms with Crippen LogP contribution in [0.25, 0.3) is 0 Å². The van der Waals surface area contributed by atoms with Gasteiger partial charge in [-0.25, -0.2) is 10.2 Å². The van der Waals surface area contributed by atoms with Crippen molar-refractivity contribution < 1.29 is 23.9 Å². The van der Waals surface area contributed by atoms with Crippen LogP contribution in [0.5, 0.6) is 11.5 Å². The van der Waals surface area contributed by atoms with Crippen LogP contribution in [0, 0.1) is 0 Å². The molecule has 2 amide bonds. The average molecular weight is 480 g/mol. The number of nitrogens with zero attached hydrogens (tertiary/aromatic N) is 1. The number of thiophene rings is 1. The van der Waals surface area contributed by atoms with Crippen LogP contribution >= 0.6 is 11.3 Å². The molecule has 8 nitrogen and oxygen atoms in total. The fourth-order valence-corrected chi connectivity index (χ4v) is 3.29. The van der Waals surface area contributed by atoms with Crippen LogP contribution in [-0.4, -0.2) is 37.1 Å². The minimum Gasteiger partial charge on any atom is -0.494 e. The Balaban J connectivity index is 1.39. The van der Waals surface area contributed by atoms with Gasteiger partial charge in [0.1, 0.15) is 16.4 Å². The third-order valence-corrected chi connectivity index (χ3v) is 5.36. The molecule has 34 heavy (non-hydrogen) atoms. The number of amides is 2. The van der Waals surface area contributed by atoms with Gasteiger partial charge in [0.25, 0.3) is 11.8 Å². The number of ether oxygens (including phenoxy) is 2. The van der Waals surface area contributed by atoms with Gasteiger partial charge in [-0.05, 0) is 72.0 Å². The van der Waals surface area contributed by atoms with Crippen molar-refractivity contribution in [3.63, 3.8) is 0 Å². The lowest BCUT2D eigenvalue weighted by Crippen LogP contribution is -2.34. The molecule has 0 saturated carbocycles. The second-order valence-corrected chi connectivity index (χ2v) is 8.09. The van der Waals surface area contributed by atoms with E-state index < -0.39 is 11.9 Å². The van der Waals surface area contributed by atoms with Crippen molar-refractivity contribution >= 4 is 35.3 Å². The maximum atomic E-state index is 12.2. The molecule has 0 aliphatic heterocycles. The Morgan fingerprint density at radius 3 is 2.41 bits per heavy atom. The molecule has 0 spiro atoms. The van der Waals surface area contributed by atoms with E-state index in [1.165, 1.54) is 17.6 Å². The number of carbonyl (C=O) groups is 3. The monoisotopic (exact) mass is 479 g/mol. The van der Waals surface area contributed by atoms with E-state index in [2.05, 4.69) is 22.8 Å². The summed E-state index contributed by atoms with van der Waals surface area (Å²) in [7, 11) is 0. The molecular formula is C25H25N3O5S. The number of hydrogen-bond acceptors (Lipinski definition) is 7. The summed E-state index contributed by atoms with van der Waals surface area (Å²) in [5.41, 5.74) is 3.48. The van der Waals surface area contributed by atoms with E-state index >= 15 is 0 Å². The van der Waals surface area contributed by atoms with Gasteiger partial charge in [0.2, 0.25) is 0 Å². The van der Waals surface area contributed by atoms with Gasteiger partial charge in [0, 0.05) is 5.56 Å². The molecule has 0 saturated heterocycles. The Kier molecular flexibility index (Phi) is 9.36. The Morgan fingerprint density at radius 2 is 1.74 bits per heavy atom. The quantitative estimate of drug-likeness (QED) is 0.142. The molecular weight excluding hydrogens is 454 g/mol. The molecule has 9 heteroatoms. The summed E-state index contributed by atoms with van der Waals surface area (Å²) in [6.07, 6.45) is 3.46. The summed E-state index contributed by atoms with van der Waals surface area (Å²) in [4.78, 5) is 36.6. The average Bonchev–Trinajstić information content (AvgIpc) is 3.40. The number of rotatable bonds is 11. The number of hydrazone groups is 1. The number of hydrogen-bond donors (Lipinski definition) is 2. The topological polar surface area (TPSA) is 106 Å². The summed E-state index contributed by atoms with van der Waals surface area (Å²) in [5, 5.41) is 8.22. The first-order chi connectivity index (χ1) is 16.5. The zero-order valence-electron chi connectivity index (χ0n) is 18.7. The number of benzene rings is 2. The number of unbranched alkanes of at least 4 members (excludes halogenated alkanes) is 1. The first kappa shape index (κ1) is 24.7. The molecule has 3 aromatic rings.